The van der Waals surface area contributed by atoms with E-state index in [4.69, 9.17) is 0 Å². The summed E-state index contributed by atoms with van der Waals surface area (Å²) in [6.45, 7) is 23.1. The Bertz CT molecular complexity index is 1010. The van der Waals surface area contributed by atoms with Crippen molar-refractivity contribution >= 4 is 23.6 Å². The minimum atomic E-state index is -0.722. The summed E-state index contributed by atoms with van der Waals surface area (Å²) in [6.07, 6.45) is 6.12. The highest BCUT2D eigenvalue weighted by Gasteiger charge is 2.40. The Morgan fingerprint density at radius 3 is 1.98 bits per heavy atom. The number of likely N-dealkylation sites (N-methyl/N-ethyl adjacent to an activating group) is 1. The van der Waals surface area contributed by atoms with Gasteiger partial charge < -0.3 is 20.4 Å². The van der Waals surface area contributed by atoms with E-state index in [9.17, 15) is 19.2 Å². The fourth-order valence-corrected chi connectivity index (χ4v) is 6.13. The van der Waals surface area contributed by atoms with Crippen molar-refractivity contribution in [1.82, 2.24) is 25.3 Å². The van der Waals surface area contributed by atoms with Gasteiger partial charge >= 0.3 is 0 Å². The number of nitrogens with one attached hydrogen (secondary N) is 2. The van der Waals surface area contributed by atoms with Gasteiger partial charge in [-0.25, -0.2) is 0 Å². The molecule has 0 aliphatic carbocycles. The Morgan fingerprint density at radius 2 is 1.45 bits per heavy atom. The smallest absolute Gasteiger partial charge is 0.249 e. The number of amides is 4. The van der Waals surface area contributed by atoms with Crippen LogP contribution < -0.4 is 10.6 Å². The Labute approximate surface area is 255 Å². The van der Waals surface area contributed by atoms with Gasteiger partial charge in [-0.05, 0) is 85.1 Å². The van der Waals surface area contributed by atoms with Gasteiger partial charge in [-0.15, -0.1) is 0 Å². The molecule has 42 heavy (non-hydrogen) atoms. The molecule has 0 bridgehead atoms. The Kier molecular flexibility index (Phi) is 12.2. The first-order valence-electron chi connectivity index (χ1n) is 15.9. The van der Waals surface area contributed by atoms with Gasteiger partial charge in [0.25, 0.3) is 0 Å². The third kappa shape index (κ3) is 9.29. The van der Waals surface area contributed by atoms with Gasteiger partial charge in [-0.2, -0.15) is 0 Å². The van der Waals surface area contributed by atoms with Gasteiger partial charge in [0.2, 0.25) is 23.6 Å². The van der Waals surface area contributed by atoms with Crippen LogP contribution in [0.5, 0.6) is 0 Å². The molecule has 9 heteroatoms. The standard InChI is InChI=1S/C33H59N5O4/c1-21(2)26(20-23(5)30(41)38-19-15-17-25(38)29(40)35-33(9,10)11)36(12)31(42)27(32(6,7)8)34-28(39)24-16-13-14-18-37(24)22(3)4/h20-22,24-27H,13-19H2,1-12H3,(H,34,39)(H,35,40)/b23-20+/t24?,25-,26+,27?/m0/s1. The molecule has 0 aromatic heterocycles. The molecule has 240 valence electrons. The monoisotopic (exact) mass is 589 g/mol. The SMILES string of the molecule is C/C(=C\[C@H](C(C)C)N(C)C(=O)C(NC(=O)C1CCCCN1C(C)C)C(C)(C)C)C(=O)N1CCC[C@H]1C(=O)NC(C)(C)C. The molecule has 0 saturated carbocycles. The van der Waals surface area contributed by atoms with Crippen LogP contribution in [-0.2, 0) is 19.2 Å². The van der Waals surface area contributed by atoms with Crippen LogP contribution in [0.4, 0.5) is 0 Å². The molecule has 4 atom stereocenters. The largest absolute Gasteiger partial charge is 0.350 e. The molecule has 2 aliphatic rings. The molecule has 2 saturated heterocycles. The van der Waals surface area contributed by atoms with Crippen molar-refractivity contribution in [2.24, 2.45) is 11.3 Å². The molecule has 4 amide bonds. The van der Waals surface area contributed by atoms with E-state index in [1.807, 2.05) is 61.5 Å². The molecule has 0 radical (unpaired) electrons. The lowest BCUT2D eigenvalue weighted by atomic mass is 9.84. The molecule has 0 aromatic carbocycles. The summed E-state index contributed by atoms with van der Waals surface area (Å²) in [4.78, 5) is 59.7. The maximum Gasteiger partial charge on any atom is 0.249 e. The van der Waals surface area contributed by atoms with Crippen LogP contribution in [0.2, 0.25) is 0 Å². The zero-order valence-corrected chi connectivity index (χ0v) is 28.5. The van der Waals surface area contributed by atoms with Crippen molar-refractivity contribution in [3.8, 4) is 0 Å². The molecule has 0 aromatic rings. The number of hydrogen-bond acceptors (Lipinski definition) is 5. The third-order valence-electron chi connectivity index (χ3n) is 8.46. The van der Waals surface area contributed by atoms with E-state index in [0.29, 0.717) is 18.5 Å². The van der Waals surface area contributed by atoms with Crippen LogP contribution >= 0.6 is 0 Å². The Morgan fingerprint density at radius 1 is 0.857 bits per heavy atom. The van der Waals surface area contributed by atoms with Crippen molar-refractivity contribution in [3.05, 3.63) is 11.6 Å². The molecule has 2 heterocycles. The molecular weight excluding hydrogens is 530 g/mol. The summed E-state index contributed by atoms with van der Waals surface area (Å²) in [6, 6.07) is -1.58. The molecule has 9 nitrogen and oxygen atoms in total. The lowest BCUT2D eigenvalue weighted by Crippen LogP contribution is -2.60. The van der Waals surface area contributed by atoms with Crippen molar-refractivity contribution < 1.29 is 19.2 Å². The maximum absolute atomic E-state index is 14.1. The van der Waals surface area contributed by atoms with E-state index in [2.05, 4.69) is 29.4 Å². The maximum atomic E-state index is 14.1. The highest BCUT2D eigenvalue weighted by Crippen LogP contribution is 2.27. The van der Waals surface area contributed by atoms with Gasteiger partial charge in [0.1, 0.15) is 12.1 Å². The predicted molar refractivity (Wildman–Crippen MR) is 169 cm³/mol. The van der Waals surface area contributed by atoms with Gasteiger partial charge in [-0.1, -0.05) is 47.1 Å². The minimum Gasteiger partial charge on any atom is -0.350 e. The second-order valence-electron chi connectivity index (χ2n) is 15.1. The Hall–Kier alpha value is -2.42. The topological polar surface area (TPSA) is 102 Å². The molecule has 2 fully saturated rings. The van der Waals surface area contributed by atoms with Crippen LogP contribution in [0.15, 0.2) is 11.6 Å². The van der Waals surface area contributed by atoms with Crippen LogP contribution in [0, 0.1) is 11.3 Å². The third-order valence-corrected chi connectivity index (χ3v) is 8.46. The van der Waals surface area contributed by atoms with E-state index in [0.717, 1.165) is 32.2 Å². The van der Waals surface area contributed by atoms with Crippen LogP contribution in [0.3, 0.4) is 0 Å². The molecule has 2 N–H and O–H groups in total. The number of nitrogens with zero attached hydrogens (tertiary/aromatic N) is 3. The van der Waals surface area contributed by atoms with Gasteiger partial charge in [0.05, 0.1) is 12.1 Å². The van der Waals surface area contributed by atoms with Crippen LogP contribution in [-0.4, -0.2) is 94.2 Å². The lowest BCUT2D eigenvalue weighted by Gasteiger charge is -2.41. The number of carbonyl (C=O) groups excluding carboxylic acids is 4. The average molecular weight is 590 g/mol. The predicted octanol–water partition coefficient (Wildman–Crippen LogP) is 4.12. The second-order valence-corrected chi connectivity index (χ2v) is 15.1. The van der Waals surface area contributed by atoms with Gasteiger partial charge in [-0.3, -0.25) is 24.1 Å². The van der Waals surface area contributed by atoms with E-state index in [1.165, 1.54) is 0 Å². The van der Waals surface area contributed by atoms with E-state index in [1.54, 1.807) is 23.8 Å². The highest BCUT2D eigenvalue weighted by molar-refractivity contribution is 5.97. The first-order valence-corrected chi connectivity index (χ1v) is 15.9. The fourth-order valence-electron chi connectivity index (χ4n) is 6.13. The molecular formula is C33H59N5O4. The summed E-state index contributed by atoms with van der Waals surface area (Å²) in [5.41, 5.74) is -0.388. The van der Waals surface area contributed by atoms with Crippen molar-refractivity contribution in [1.29, 1.82) is 0 Å². The van der Waals surface area contributed by atoms with Gasteiger partial charge in [0.15, 0.2) is 0 Å². The number of likely N-dealkylation sites (tertiary alicyclic amines) is 2. The zero-order valence-electron chi connectivity index (χ0n) is 28.5. The second kappa shape index (κ2) is 14.4. The summed E-state index contributed by atoms with van der Waals surface area (Å²) < 4.78 is 0. The van der Waals surface area contributed by atoms with E-state index < -0.39 is 17.5 Å². The molecule has 0 spiro atoms. The first kappa shape index (κ1) is 35.8. The molecule has 2 aliphatic heterocycles. The minimum absolute atomic E-state index is 0.0198. The summed E-state index contributed by atoms with van der Waals surface area (Å²) in [5, 5.41) is 6.14. The van der Waals surface area contributed by atoms with Crippen LogP contribution in [0.1, 0.15) is 108 Å². The summed E-state index contributed by atoms with van der Waals surface area (Å²) in [7, 11) is 1.75. The fraction of sp³-hybridized carbons (Fsp3) is 0.818. The molecule has 2 unspecified atom stereocenters. The first-order chi connectivity index (χ1) is 19.3. The van der Waals surface area contributed by atoms with Crippen molar-refractivity contribution in [3.63, 3.8) is 0 Å². The van der Waals surface area contributed by atoms with Crippen molar-refractivity contribution in [2.45, 2.75) is 144 Å². The number of rotatable bonds is 9. The molecule has 2 rings (SSSR count). The lowest BCUT2D eigenvalue weighted by molar-refractivity contribution is -0.142. The normalized spacial score (nSPS) is 22.2. The van der Waals surface area contributed by atoms with E-state index in [-0.39, 0.29) is 53.2 Å². The average Bonchev–Trinajstić information content (AvgIpc) is 3.37. The quantitative estimate of drug-likeness (QED) is 0.394. The number of hydrogen-bond donors (Lipinski definition) is 2. The highest BCUT2D eigenvalue weighted by atomic mass is 16.2. The van der Waals surface area contributed by atoms with Crippen LogP contribution in [0.25, 0.3) is 0 Å². The Balaban J connectivity index is 2.27. The van der Waals surface area contributed by atoms with E-state index >= 15 is 0 Å². The number of piperidine rings is 1. The van der Waals surface area contributed by atoms with Crippen molar-refractivity contribution in [2.75, 3.05) is 20.1 Å². The summed E-state index contributed by atoms with van der Waals surface area (Å²) in [5.74, 6) is -0.568. The zero-order chi connectivity index (χ0) is 32.2. The summed E-state index contributed by atoms with van der Waals surface area (Å²) >= 11 is 0. The van der Waals surface area contributed by atoms with Gasteiger partial charge in [0, 0.05) is 30.7 Å². The number of carbonyl (C=O) groups is 4.